The number of nitrogens with zero attached hydrogens (tertiary/aromatic N) is 2. The molecule has 26 heavy (non-hydrogen) atoms. The fourth-order valence-corrected chi connectivity index (χ4v) is 3.64. The van der Waals surface area contributed by atoms with Crippen molar-refractivity contribution in [1.29, 1.82) is 0 Å². The van der Waals surface area contributed by atoms with E-state index in [0.29, 0.717) is 0 Å². The highest BCUT2D eigenvalue weighted by Gasteiger charge is 2.20. The summed E-state index contributed by atoms with van der Waals surface area (Å²) in [6, 6.07) is 0.194. The van der Waals surface area contributed by atoms with Crippen LogP contribution in [0.15, 0.2) is 0 Å². The second kappa shape index (κ2) is 11.3. The largest absolute Gasteiger partial charge is 0.338 e. The molecule has 0 aromatic heterocycles. The summed E-state index contributed by atoms with van der Waals surface area (Å²) >= 11 is 0. The number of unbranched alkanes of at least 4 members (excludes halogenated alkanes) is 3. The number of piperidine rings is 2. The quantitative estimate of drug-likeness (QED) is 0.678. The van der Waals surface area contributed by atoms with Gasteiger partial charge in [-0.2, -0.15) is 0 Å². The molecular weight excluding hydrogens is 328 g/mol. The van der Waals surface area contributed by atoms with E-state index in [9.17, 15) is 9.59 Å². The monoisotopic (exact) mass is 366 g/mol. The first-order valence-corrected chi connectivity index (χ1v) is 10.6. The lowest BCUT2D eigenvalue weighted by Gasteiger charge is -2.30. The summed E-state index contributed by atoms with van der Waals surface area (Å²) in [5.74, 6) is 1.50. The van der Waals surface area contributed by atoms with Gasteiger partial charge >= 0.3 is 12.1 Å². The maximum absolute atomic E-state index is 12.0. The van der Waals surface area contributed by atoms with Crippen molar-refractivity contribution >= 4 is 12.1 Å². The molecule has 2 aliphatic rings. The molecule has 0 saturated carbocycles. The molecule has 2 N–H and O–H groups in total. The van der Waals surface area contributed by atoms with Crippen molar-refractivity contribution < 1.29 is 9.59 Å². The van der Waals surface area contributed by atoms with E-state index in [1.165, 1.54) is 0 Å². The smallest absolute Gasteiger partial charge is 0.317 e. The number of nitrogens with one attached hydrogen (secondary N) is 2. The Hall–Kier alpha value is -1.46. The van der Waals surface area contributed by atoms with Gasteiger partial charge in [-0.15, -0.1) is 0 Å². The van der Waals surface area contributed by atoms with E-state index in [-0.39, 0.29) is 12.1 Å². The van der Waals surface area contributed by atoms with E-state index in [4.69, 9.17) is 0 Å². The topological polar surface area (TPSA) is 64.7 Å². The molecule has 0 aromatic rings. The molecule has 4 amide bonds. The van der Waals surface area contributed by atoms with Gasteiger partial charge in [0.05, 0.1) is 0 Å². The van der Waals surface area contributed by atoms with Gasteiger partial charge in [0.2, 0.25) is 0 Å². The normalized spacial score (nSPS) is 19.5. The predicted molar refractivity (Wildman–Crippen MR) is 105 cm³/mol. The molecule has 2 heterocycles. The summed E-state index contributed by atoms with van der Waals surface area (Å²) < 4.78 is 0. The lowest BCUT2D eigenvalue weighted by molar-refractivity contribution is 0.173. The van der Waals surface area contributed by atoms with E-state index in [0.717, 1.165) is 102 Å². The van der Waals surface area contributed by atoms with Gasteiger partial charge in [-0.3, -0.25) is 0 Å². The summed E-state index contributed by atoms with van der Waals surface area (Å²) in [4.78, 5) is 28.0. The first-order chi connectivity index (χ1) is 12.6. The molecule has 2 fully saturated rings. The number of rotatable bonds is 7. The van der Waals surface area contributed by atoms with E-state index in [2.05, 4.69) is 24.5 Å². The van der Waals surface area contributed by atoms with Gasteiger partial charge in [0, 0.05) is 39.3 Å². The Kier molecular flexibility index (Phi) is 9.06. The molecule has 0 unspecified atom stereocenters. The number of hydrogen-bond donors (Lipinski definition) is 2. The van der Waals surface area contributed by atoms with Crippen LogP contribution in [0.2, 0.25) is 0 Å². The van der Waals surface area contributed by atoms with Crippen molar-refractivity contribution in [2.75, 3.05) is 39.3 Å². The highest BCUT2D eigenvalue weighted by atomic mass is 16.2. The van der Waals surface area contributed by atoms with Crippen LogP contribution in [0.1, 0.15) is 65.2 Å². The Labute approximate surface area is 159 Å². The van der Waals surface area contributed by atoms with Crippen molar-refractivity contribution in [3.05, 3.63) is 0 Å². The van der Waals surface area contributed by atoms with Gasteiger partial charge in [0.25, 0.3) is 0 Å². The predicted octanol–water partition coefficient (Wildman–Crippen LogP) is 3.43. The molecule has 0 bridgehead atoms. The van der Waals surface area contributed by atoms with E-state index < -0.39 is 0 Å². The fraction of sp³-hybridized carbons (Fsp3) is 0.900. The van der Waals surface area contributed by atoms with Gasteiger partial charge in [-0.1, -0.05) is 26.7 Å². The average molecular weight is 367 g/mol. The van der Waals surface area contributed by atoms with Crippen LogP contribution in [-0.2, 0) is 0 Å². The van der Waals surface area contributed by atoms with Crippen LogP contribution in [0, 0.1) is 11.8 Å². The number of carbonyl (C=O) groups is 2. The lowest BCUT2D eigenvalue weighted by atomic mass is 10.00. The second-order valence-corrected chi connectivity index (χ2v) is 8.22. The molecule has 150 valence electrons. The van der Waals surface area contributed by atoms with Crippen LogP contribution in [0.5, 0.6) is 0 Å². The van der Waals surface area contributed by atoms with Crippen molar-refractivity contribution in [1.82, 2.24) is 20.4 Å². The van der Waals surface area contributed by atoms with Gasteiger partial charge in [-0.05, 0) is 50.4 Å². The van der Waals surface area contributed by atoms with Gasteiger partial charge < -0.3 is 20.4 Å². The van der Waals surface area contributed by atoms with Crippen LogP contribution in [0.3, 0.4) is 0 Å². The lowest BCUT2D eigenvalue weighted by Crippen LogP contribution is -2.44. The number of hydrogen-bond acceptors (Lipinski definition) is 2. The minimum Gasteiger partial charge on any atom is -0.338 e. The maximum atomic E-state index is 12.0. The molecule has 2 rings (SSSR count). The fourth-order valence-electron chi connectivity index (χ4n) is 3.64. The number of likely N-dealkylation sites (tertiary alicyclic amines) is 2. The zero-order valence-electron chi connectivity index (χ0n) is 16.8. The van der Waals surface area contributed by atoms with Crippen molar-refractivity contribution in [3.63, 3.8) is 0 Å². The molecule has 0 aliphatic carbocycles. The molecule has 0 spiro atoms. The number of carbonyl (C=O) groups excluding carboxylic acids is 2. The summed E-state index contributed by atoms with van der Waals surface area (Å²) in [6.07, 6.45) is 8.68. The Balaban J connectivity index is 1.41. The number of amides is 4. The third kappa shape index (κ3) is 7.42. The number of urea groups is 2. The summed E-state index contributed by atoms with van der Waals surface area (Å²) in [6.45, 7) is 9.58. The van der Waals surface area contributed by atoms with Crippen LogP contribution in [-0.4, -0.2) is 61.1 Å². The van der Waals surface area contributed by atoms with Crippen LogP contribution in [0.25, 0.3) is 0 Å². The molecule has 0 aromatic carbocycles. The zero-order chi connectivity index (χ0) is 18.8. The Bertz CT molecular complexity index is 388. The van der Waals surface area contributed by atoms with Crippen LogP contribution in [0.4, 0.5) is 9.59 Å². The van der Waals surface area contributed by atoms with Crippen molar-refractivity contribution in [2.24, 2.45) is 11.8 Å². The molecule has 0 radical (unpaired) electrons. The zero-order valence-corrected chi connectivity index (χ0v) is 16.8. The van der Waals surface area contributed by atoms with Gasteiger partial charge in [0.1, 0.15) is 0 Å². The third-order valence-electron chi connectivity index (χ3n) is 5.80. The molecular formula is C20H38N4O2. The van der Waals surface area contributed by atoms with Crippen molar-refractivity contribution in [2.45, 2.75) is 65.2 Å². The van der Waals surface area contributed by atoms with E-state index in [1.54, 1.807) is 0 Å². The Morgan fingerprint density at radius 1 is 0.692 bits per heavy atom. The maximum Gasteiger partial charge on any atom is 0.317 e. The molecule has 2 aliphatic heterocycles. The SMILES string of the molecule is CC1CCN(C(=O)NCCCCCCNC(=O)N2CCC(C)CC2)CC1. The summed E-state index contributed by atoms with van der Waals surface area (Å²) in [5, 5.41) is 6.07. The van der Waals surface area contributed by atoms with Crippen LogP contribution >= 0.6 is 0 Å². The van der Waals surface area contributed by atoms with Gasteiger partial charge in [0.15, 0.2) is 0 Å². The highest BCUT2D eigenvalue weighted by molar-refractivity contribution is 5.74. The highest BCUT2D eigenvalue weighted by Crippen LogP contribution is 2.16. The minimum absolute atomic E-state index is 0.0972. The third-order valence-corrected chi connectivity index (χ3v) is 5.80. The molecule has 6 nitrogen and oxygen atoms in total. The van der Waals surface area contributed by atoms with Crippen molar-refractivity contribution in [3.8, 4) is 0 Å². The standard InChI is InChI=1S/C20H38N4O2/c1-17-7-13-23(14-8-17)19(25)21-11-5-3-4-6-12-22-20(26)24-15-9-18(2)10-16-24/h17-18H,3-16H2,1-2H3,(H,21,25)(H,22,26). The van der Waals surface area contributed by atoms with Crippen LogP contribution < -0.4 is 10.6 Å². The van der Waals surface area contributed by atoms with Gasteiger partial charge in [-0.25, -0.2) is 9.59 Å². The van der Waals surface area contributed by atoms with E-state index >= 15 is 0 Å². The molecule has 0 atom stereocenters. The first kappa shape index (κ1) is 20.8. The Morgan fingerprint density at radius 2 is 1.04 bits per heavy atom. The second-order valence-electron chi connectivity index (χ2n) is 8.22. The average Bonchev–Trinajstić information content (AvgIpc) is 2.64. The Morgan fingerprint density at radius 3 is 1.38 bits per heavy atom. The first-order valence-electron chi connectivity index (χ1n) is 10.6. The minimum atomic E-state index is 0.0972. The van der Waals surface area contributed by atoms with E-state index in [1.807, 2.05) is 9.80 Å². The summed E-state index contributed by atoms with van der Waals surface area (Å²) in [5.41, 5.74) is 0. The molecule has 6 heteroatoms. The summed E-state index contributed by atoms with van der Waals surface area (Å²) in [7, 11) is 0. The molecule has 2 saturated heterocycles.